The third-order valence-electron chi connectivity index (χ3n) is 5.16. The predicted molar refractivity (Wildman–Crippen MR) is 97.8 cm³/mol. The Morgan fingerprint density at radius 1 is 1.28 bits per heavy atom. The Labute approximate surface area is 154 Å². The number of aromatic nitrogens is 2. The molecule has 2 aliphatic rings. The molecule has 0 bridgehead atoms. The molecule has 25 heavy (non-hydrogen) atoms. The molecule has 2 N–H and O–H groups in total. The van der Waals surface area contributed by atoms with Crippen molar-refractivity contribution in [2.24, 2.45) is 11.7 Å². The fourth-order valence-electron chi connectivity index (χ4n) is 3.82. The van der Waals surface area contributed by atoms with Gasteiger partial charge >= 0.3 is 0 Å². The van der Waals surface area contributed by atoms with Crippen LogP contribution in [0.15, 0.2) is 28.7 Å². The fraction of sp³-hybridized carbons (Fsp3) is 0.421. The number of rotatable bonds is 5. The molecule has 0 saturated heterocycles. The number of nitrogens with two attached hydrogens (primary N) is 1. The van der Waals surface area contributed by atoms with Crippen LogP contribution in [0.3, 0.4) is 0 Å². The van der Waals surface area contributed by atoms with Crippen LogP contribution in [0.2, 0.25) is 0 Å². The molecule has 1 aromatic carbocycles. The van der Waals surface area contributed by atoms with Crippen LogP contribution < -0.4 is 5.73 Å². The highest BCUT2D eigenvalue weighted by atomic mass is 79.9. The monoisotopic (exact) mass is 401 g/mol. The average molecular weight is 402 g/mol. The Kier molecular flexibility index (Phi) is 4.23. The molecule has 6 heteroatoms. The number of hydrogen-bond donors (Lipinski definition) is 1. The van der Waals surface area contributed by atoms with E-state index >= 15 is 0 Å². The van der Waals surface area contributed by atoms with Crippen LogP contribution >= 0.6 is 15.9 Å². The number of halogens is 1. The molecule has 1 unspecified atom stereocenters. The van der Waals surface area contributed by atoms with Gasteiger partial charge in [0.05, 0.1) is 5.69 Å². The molecule has 1 aromatic heterocycles. The van der Waals surface area contributed by atoms with Gasteiger partial charge in [-0.15, -0.1) is 0 Å². The van der Waals surface area contributed by atoms with Gasteiger partial charge < -0.3 is 5.73 Å². The van der Waals surface area contributed by atoms with Crippen molar-refractivity contribution < 1.29 is 9.59 Å². The van der Waals surface area contributed by atoms with E-state index in [9.17, 15) is 9.59 Å². The van der Waals surface area contributed by atoms with Crippen molar-refractivity contribution in [1.82, 2.24) is 9.78 Å². The Bertz CT molecular complexity index is 854. The molecule has 4 rings (SSSR count). The van der Waals surface area contributed by atoms with Crippen molar-refractivity contribution in [2.75, 3.05) is 0 Å². The maximum atomic E-state index is 12.3. The Hall–Kier alpha value is -1.95. The molecule has 0 aliphatic heterocycles. The molecule has 0 radical (unpaired) electrons. The molecule has 5 nitrogen and oxygen atoms in total. The third-order valence-corrected chi connectivity index (χ3v) is 5.66. The topological polar surface area (TPSA) is 78.0 Å². The van der Waals surface area contributed by atoms with Gasteiger partial charge in [-0.1, -0.05) is 22.0 Å². The highest BCUT2D eigenvalue weighted by Crippen LogP contribution is 2.40. The summed E-state index contributed by atoms with van der Waals surface area (Å²) in [6.45, 7) is 0. The summed E-state index contributed by atoms with van der Waals surface area (Å²) >= 11 is 3.48. The molecule has 1 heterocycles. The molecule has 2 aliphatic carbocycles. The number of amides is 1. The summed E-state index contributed by atoms with van der Waals surface area (Å²) in [5.74, 6) is 0.0991. The van der Waals surface area contributed by atoms with E-state index in [-0.39, 0.29) is 11.8 Å². The van der Waals surface area contributed by atoms with Gasteiger partial charge in [-0.05, 0) is 56.2 Å². The van der Waals surface area contributed by atoms with E-state index in [1.807, 2.05) is 28.9 Å². The number of hydrogen-bond acceptors (Lipinski definition) is 3. The summed E-state index contributed by atoms with van der Waals surface area (Å²) in [7, 11) is 0. The fourth-order valence-corrected chi connectivity index (χ4v) is 4.20. The minimum absolute atomic E-state index is 0.0558. The van der Waals surface area contributed by atoms with Gasteiger partial charge in [0.1, 0.15) is 5.78 Å². The number of primary amides is 1. The zero-order chi connectivity index (χ0) is 17.6. The van der Waals surface area contributed by atoms with Crippen LogP contribution in [0, 0.1) is 5.92 Å². The summed E-state index contributed by atoms with van der Waals surface area (Å²) in [5.41, 5.74) is 8.75. The smallest absolute Gasteiger partial charge is 0.269 e. The van der Waals surface area contributed by atoms with Crippen molar-refractivity contribution in [1.29, 1.82) is 0 Å². The van der Waals surface area contributed by atoms with Gasteiger partial charge in [0.25, 0.3) is 5.91 Å². The van der Waals surface area contributed by atoms with E-state index in [1.54, 1.807) is 0 Å². The van der Waals surface area contributed by atoms with Gasteiger partial charge in [0.15, 0.2) is 5.69 Å². The number of carbonyl (C=O) groups is 2. The van der Waals surface area contributed by atoms with E-state index < -0.39 is 5.91 Å². The molecule has 1 fully saturated rings. The lowest BCUT2D eigenvalue weighted by Gasteiger charge is -2.23. The van der Waals surface area contributed by atoms with Crippen molar-refractivity contribution in [2.45, 2.75) is 44.4 Å². The second-order valence-corrected chi connectivity index (χ2v) is 7.91. The number of carbonyl (C=O) groups excluding carboxylic acids is 2. The molecule has 1 saturated carbocycles. The average Bonchev–Trinajstić information content (AvgIpc) is 3.35. The minimum Gasteiger partial charge on any atom is -0.364 e. The molecule has 130 valence electrons. The van der Waals surface area contributed by atoms with Crippen molar-refractivity contribution in [3.05, 3.63) is 45.7 Å². The largest absolute Gasteiger partial charge is 0.364 e. The quantitative estimate of drug-likeness (QED) is 0.831. The lowest BCUT2D eigenvalue weighted by Crippen LogP contribution is -2.20. The normalized spacial score (nSPS) is 19.5. The number of nitrogens with zero attached hydrogens (tertiary/aromatic N) is 2. The number of Topliss-reactive ketones (excluding diaryl/α,β-unsaturated/α-hetero) is 1. The Balaban J connectivity index is 1.78. The van der Waals surface area contributed by atoms with Crippen LogP contribution in [0.1, 0.15) is 59.8 Å². The molecule has 2 aromatic rings. The van der Waals surface area contributed by atoms with E-state index in [4.69, 9.17) is 5.73 Å². The van der Waals surface area contributed by atoms with Gasteiger partial charge in [-0.2, -0.15) is 5.10 Å². The second kappa shape index (κ2) is 6.41. The molecule has 1 amide bonds. The first-order valence-electron chi connectivity index (χ1n) is 8.75. The first-order chi connectivity index (χ1) is 12.0. The number of ketones is 1. The van der Waals surface area contributed by atoms with Crippen LogP contribution in [-0.2, 0) is 11.2 Å². The lowest BCUT2D eigenvalue weighted by molar-refractivity contribution is -0.120. The van der Waals surface area contributed by atoms with Gasteiger partial charge in [0.2, 0.25) is 0 Å². The van der Waals surface area contributed by atoms with E-state index in [2.05, 4.69) is 21.0 Å². The minimum atomic E-state index is -0.518. The maximum Gasteiger partial charge on any atom is 0.269 e. The van der Waals surface area contributed by atoms with Gasteiger partial charge in [0, 0.05) is 28.1 Å². The molecule has 1 atom stereocenters. The van der Waals surface area contributed by atoms with Crippen LogP contribution in [-0.4, -0.2) is 21.5 Å². The van der Waals surface area contributed by atoms with Crippen LogP contribution in [0.5, 0.6) is 0 Å². The summed E-state index contributed by atoms with van der Waals surface area (Å²) < 4.78 is 2.78. The van der Waals surface area contributed by atoms with Crippen LogP contribution in [0.4, 0.5) is 0 Å². The predicted octanol–water partition coefficient (Wildman–Crippen LogP) is 3.52. The first kappa shape index (κ1) is 16.5. The van der Waals surface area contributed by atoms with Gasteiger partial charge in [-0.3, -0.25) is 9.59 Å². The molecular weight excluding hydrogens is 382 g/mol. The summed E-state index contributed by atoms with van der Waals surface area (Å²) in [5, 5.41) is 4.53. The van der Waals surface area contributed by atoms with Crippen molar-refractivity contribution in [3.8, 4) is 5.69 Å². The Morgan fingerprint density at radius 3 is 2.76 bits per heavy atom. The van der Waals surface area contributed by atoms with Crippen molar-refractivity contribution >= 4 is 27.6 Å². The first-order valence-corrected chi connectivity index (χ1v) is 9.54. The maximum absolute atomic E-state index is 12.3. The highest BCUT2D eigenvalue weighted by molar-refractivity contribution is 9.10. The van der Waals surface area contributed by atoms with E-state index in [0.29, 0.717) is 17.9 Å². The number of fused-ring (bicyclic) bond motifs is 1. The summed E-state index contributed by atoms with van der Waals surface area (Å²) in [6, 6.07) is 7.82. The van der Waals surface area contributed by atoms with Gasteiger partial charge in [-0.25, -0.2) is 4.68 Å². The molecular formula is C19H20BrN3O2. The highest BCUT2D eigenvalue weighted by Gasteiger charge is 2.36. The zero-order valence-corrected chi connectivity index (χ0v) is 15.5. The van der Waals surface area contributed by atoms with Crippen molar-refractivity contribution in [3.63, 3.8) is 0 Å². The number of benzene rings is 1. The van der Waals surface area contributed by atoms with E-state index in [0.717, 1.165) is 53.5 Å². The summed E-state index contributed by atoms with van der Waals surface area (Å²) in [4.78, 5) is 24.4. The SMILES string of the molecule is NC(=O)c1nn(-c2cccc(Br)c2)c2c1C(CC(=O)C1CC1)CCC2. The summed E-state index contributed by atoms with van der Waals surface area (Å²) in [6.07, 6.45) is 5.28. The zero-order valence-electron chi connectivity index (χ0n) is 13.9. The molecule has 0 spiro atoms. The second-order valence-electron chi connectivity index (χ2n) is 7.00. The lowest BCUT2D eigenvalue weighted by atomic mass is 9.81. The van der Waals surface area contributed by atoms with Crippen LogP contribution in [0.25, 0.3) is 5.69 Å². The van der Waals surface area contributed by atoms with E-state index in [1.165, 1.54) is 0 Å². The Morgan fingerprint density at radius 2 is 2.08 bits per heavy atom. The standard InChI is InChI=1S/C19H20BrN3O2/c20-13-4-2-5-14(10-13)23-15-6-1-3-12(9-16(24)11-7-8-11)17(15)18(22-23)19(21)25/h2,4-5,10-12H,1,3,6-9H2,(H2,21,25). The third kappa shape index (κ3) is 3.15.